The Balaban J connectivity index is 3.22. The molecular weight excluding hydrogens is 244 g/mol. The van der Waals surface area contributed by atoms with Crippen LogP contribution in [0.25, 0.3) is 0 Å². The van der Waals surface area contributed by atoms with E-state index in [1.54, 1.807) is 19.9 Å². The summed E-state index contributed by atoms with van der Waals surface area (Å²) < 4.78 is 4.97. The number of halogens is 1. The second-order valence-electron chi connectivity index (χ2n) is 4.46. The number of rotatable bonds is 4. The Morgan fingerprint density at radius 3 is 2.53 bits per heavy atom. The number of aliphatic carboxylic acids is 1. The first-order chi connectivity index (χ1) is 7.77. The maximum atomic E-state index is 10.8. The smallest absolute Gasteiger partial charge is 0.304 e. The molecule has 0 spiro atoms. The molecule has 0 saturated carbocycles. The van der Waals surface area contributed by atoms with Gasteiger partial charge in [-0.1, -0.05) is 25.4 Å². The zero-order valence-electron chi connectivity index (χ0n) is 9.95. The Morgan fingerprint density at radius 1 is 1.47 bits per heavy atom. The summed E-state index contributed by atoms with van der Waals surface area (Å²) in [6.45, 7) is 3.47. The third kappa shape index (κ3) is 3.03. The highest BCUT2D eigenvalue weighted by atomic mass is 35.5. The molecular formula is C12H15ClO4. The number of ether oxygens (including phenoxy) is 1. The Hall–Kier alpha value is -1.42. The second-order valence-corrected chi connectivity index (χ2v) is 4.87. The molecule has 2 N–H and O–H groups in total. The molecule has 0 aliphatic heterocycles. The van der Waals surface area contributed by atoms with Gasteiger partial charge in [0, 0.05) is 17.0 Å². The van der Waals surface area contributed by atoms with Crippen LogP contribution in [0.2, 0.25) is 5.02 Å². The van der Waals surface area contributed by atoms with Crippen molar-refractivity contribution in [2.24, 2.45) is 0 Å². The Kier molecular flexibility index (Phi) is 3.88. The third-order valence-corrected chi connectivity index (χ3v) is 2.89. The lowest BCUT2D eigenvalue weighted by Gasteiger charge is -2.24. The van der Waals surface area contributed by atoms with Crippen LogP contribution in [0.15, 0.2) is 12.1 Å². The van der Waals surface area contributed by atoms with E-state index in [2.05, 4.69) is 0 Å². The van der Waals surface area contributed by atoms with Gasteiger partial charge in [0.1, 0.15) is 11.5 Å². The molecule has 0 amide bonds. The van der Waals surface area contributed by atoms with E-state index in [4.69, 9.17) is 21.4 Å². The summed E-state index contributed by atoms with van der Waals surface area (Å²) in [7, 11) is 1.45. The van der Waals surface area contributed by atoms with Gasteiger partial charge in [-0.25, -0.2) is 0 Å². The summed E-state index contributed by atoms with van der Waals surface area (Å²) in [6, 6.07) is 2.93. The maximum Gasteiger partial charge on any atom is 0.304 e. The van der Waals surface area contributed by atoms with Crippen molar-refractivity contribution in [1.82, 2.24) is 0 Å². The van der Waals surface area contributed by atoms with Crippen molar-refractivity contribution < 1.29 is 19.7 Å². The van der Waals surface area contributed by atoms with Gasteiger partial charge in [0.05, 0.1) is 18.6 Å². The van der Waals surface area contributed by atoms with E-state index < -0.39 is 11.4 Å². The van der Waals surface area contributed by atoms with E-state index in [0.29, 0.717) is 16.3 Å². The average Bonchev–Trinajstić information content (AvgIpc) is 2.18. The van der Waals surface area contributed by atoms with Crippen molar-refractivity contribution in [1.29, 1.82) is 0 Å². The zero-order valence-corrected chi connectivity index (χ0v) is 10.7. The maximum absolute atomic E-state index is 10.8. The number of carbonyl (C=O) groups is 1. The number of phenolic OH excluding ortho intramolecular Hbond substituents is 1. The molecule has 17 heavy (non-hydrogen) atoms. The van der Waals surface area contributed by atoms with Gasteiger partial charge in [-0.2, -0.15) is 0 Å². The van der Waals surface area contributed by atoms with Crippen LogP contribution in [0.5, 0.6) is 11.5 Å². The first-order valence-electron chi connectivity index (χ1n) is 5.06. The van der Waals surface area contributed by atoms with Crippen molar-refractivity contribution in [3.05, 3.63) is 22.7 Å². The monoisotopic (exact) mass is 258 g/mol. The van der Waals surface area contributed by atoms with Crippen LogP contribution in [0.3, 0.4) is 0 Å². The van der Waals surface area contributed by atoms with Crippen LogP contribution < -0.4 is 4.74 Å². The standard InChI is InChI=1S/C12H15ClO4/c1-12(2,6-11(15)16)7-4-8(13)10(17-3)5-9(7)14/h4-5,14H,6H2,1-3H3,(H,15,16). The van der Waals surface area contributed by atoms with E-state index >= 15 is 0 Å². The minimum atomic E-state index is -0.929. The molecule has 0 unspecified atom stereocenters. The molecule has 5 heteroatoms. The first-order valence-corrected chi connectivity index (χ1v) is 5.44. The minimum Gasteiger partial charge on any atom is -0.508 e. The molecule has 0 heterocycles. The van der Waals surface area contributed by atoms with Gasteiger partial charge < -0.3 is 14.9 Å². The van der Waals surface area contributed by atoms with Crippen LogP contribution in [-0.2, 0) is 10.2 Å². The number of hydrogen-bond donors (Lipinski definition) is 2. The lowest BCUT2D eigenvalue weighted by molar-refractivity contribution is -0.138. The van der Waals surface area contributed by atoms with Crippen molar-refractivity contribution in [3.8, 4) is 11.5 Å². The minimum absolute atomic E-state index is 0.0162. The highest BCUT2D eigenvalue weighted by Crippen LogP contribution is 2.39. The van der Waals surface area contributed by atoms with E-state index in [9.17, 15) is 9.90 Å². The van der Waals surface area contributed by atoms with Gasteiger partial charge in [0.25, 0.3) is 0 Å². The van der Waals surface area contributed by atoms with Crippen LogP contribution in [0.1, 0.15) is 25.8 Å². The molecule has 0 bridgehead atoms. The first kappa shape index (κ1) is 13.6. The molecule has 0 radical (unpaired) electrons. The molecule has 94 valence electrons. The topological polar surface area (TPSA) is 66.8 Å². The summed E-state index contributed by atoms with van der Waals surface area (Å²) in [5.41, 5.74) is -0.211. The highest BCUT2D eigenvalue weighted by molar-refractivity contribution is 6.32. The van der Waals surface area contributed by atoms with Crippen molar-refractivity contribution in [2.45, 2.75) is 25.7 Å². The van der Waals surface area contributed by atoms with Crippen LogP contribution in [0, 0.1) is 0 Å². The number of benzene rings is 1. The SMILES string of the molecule is COc1cc(O)c(C(C)(C)CC(=O)O)cc1Cl. The van der Waals surface area contributed by atoms with Gasteiger partial charge in [-0.3, -0.25) is 4.79 Å². The molecule has 0 fully saturated rings. The summed E-state index contributed by atoms with van der Waals surface area (Å²) in [5, 5.41) is 19.0. The predicted molar refractivity (Wildman–Crippen MR) is 64.9 cm³/mol. The van der Waals surface area contributed by atoms with Crippen LogP contribution in [0.4, 0.5) is 0 Å². The van der Waals surface area contributed by atoms with Gasteiger partial charge in [0.15, 0.2) is 0 Å². The largest absolute Gasteiger partial charge is 0.508 e. The molecule has 0 aliphatic carbocycles. The molecule has 0 aliphatic rings. The van der Waals surface area contributed by atoms with Crippen molar-refractivity contribution in [3.63, 3.8) is 0 Å². The van der Waals surface area contributed by atoms with E-state index in [-0.39, 0.29) is 12.2 Å². The lowest BCUT2D eigenvalue weighted by Crippen LogP contribution is -2.21. The molecule has 1 aromatic rings. The number of hydrogen-bond acceptors (Lipinski definition) is 3. The van der Waals surface area contributed by atoms with E-state index in [0.717, 1.165) is 0 Å². The summed E-state index contributed by atoms with van der Waals surface area (Å²) in [5.74, 6) is -0.585. The number of methoxy groups -OCH3 is 1. The molecule has 4 nitrogen and oxygen atoms in total. The van der Waals surface area contributed by atoms with Crippen LogP contribution in [-0.4, -0.2) is 23.3 Å². The highest BCUT2D eigenvalue weighted by Gasteiger charge is 2.28. The Morgan fingerprint density at radius 2 is 2.06 bits per heavy atom. The van der Waals surface area contributed by atoms with Gasteiger partial charge in [-0.15, -0.1) is 0 Å². The fourth-order valence-corrected chi connectivity index (χ4v) is 1.96. The summed E-state index contributed by atoms with van der Waals surface area (Å²) >= 11 is 5.96. The number of carboxylic acids is 1. The fraction of sp³-hybridized carbons (Fsp3) is 0.417. The summed E-state index contributed by atoms with van der Waals surface area (Å²) in [6.07, 6.45) is -0.0940. The quantitative estimate of drug-likeness (QED) is 0.872. The van der Waals surface area contributed by atoms with Crippen molar-refractivity contribution in [2.75, 3.05) is 7.11 Å². The predicted octanol–water partition coefficient (Wildman–Crippen LogP) is 2.81. The Labute approximate surface area is 105 Å². The van der Waals surface area contributed by atoms with Gasteiger partial charge in [0.2, 0.25) is 0 Å². The number of phenols is 1. The number of aromatic hydroxyl groups is 1. The van der Waals surface area contributed by atoms with Gasteiger partial charge in [-0.05, 0) is 6.07 Å². The molecule has 0 atom stereocenters. The Bertz CT molecular complexity index is 440. The summed E-state index contributed by atoms with van der Waals surface area (Å²) in [4.78, 5) is 10.8. The lowest BCUT2D eigenvalue weighted by atomic mass is 9.81. The van der Waals surface area contributed by atoms with Gasteiger partial charge >= 0.3 is 5.97 Å². The molecule has 0 saturated heterocycles. The normalized spacial score (nSPS) is 11.3. The average molecular weight is 259 g/mol. The molecule has 1 aromatic carbocycles. The zero-order chi connectivity index (χ0) is 13.2. The molecule has 1 rings (SSSR count). The van der Waals surface area contributed by atoms with Crippen molar-refractivity contribution >= 4 is 17.6 Å². The fourth-order valence-electron chi connectivity index (χ4n) is 1.71. The second kappa shape index (κ2) is 4.84. The van der Waals surface area contributed by atoms with E-state index in [1.807, 2.05) is 0 Å². The third-order valence-electron chi connectivity index (χ3n) is 2.59. The van der Waals surface area contributed by atoms with E-state index in [1.165, 1.54) is 13.2 Å². The number of carboxylic acid groups (broad SMARTS) is 1. The van der Waals surface area contributed by atoms with Crippen LogP contribution >= 0.6 is 11.6 Å². The molecule has 0 aromatic heterocycles.